The lowest BCUT2D eigenvalue weighted by Gasteiger charge is -2.19. The third-order valence-electron chi connectivity index (χ3n) is 2.90. The maximum Gasteiger partial charge on any atom is 0.124 e. The molecule has 17 heavy (non-hydrogen) atoms. The predicted octanol–water partition coefficient (Wildman–Crippen LogP) is 2.61. The monoisotopic (exact) mass is 253 g/mol. The Labute approximate surface area is 106 Å². The lowest BCUT2D eigenvalue weighted by atomic mass is 10.1. The highest BCUT2D eigenvalue weighted by Crippen LogP contribution is 2.35. The van der Waals surface area contributed by atoms with E-state index in [-0.39, 0.29) is 0 Å². The fourth-order valence-electron chi connectivity index (χ4n) is 2.16. The van der Waals surface area contributed by atoms with Gasteiger partial charge in [-0.15, -0.1) is 11.8 Å². The van der Waals surface area contributed by atoms with Crippen LogP contribution in [0.1, 0.15) is 38.2 Å². The highest BCUT2D eigenvalue weighted by molar-refractivity contribution is 8.00. The zero-order valence-corrected chi connectivity index (χ0v) is 11.7. The first-order valence-electron chi connectivity index (χ1n) is 6.00. The number of hydrogen-bond donors (Lipinski definition) is 0. The van der Waals surface area contributed by atoms with Crippen LogP contribution in [0.2, 0.25) is 0 Å². The topological polar surface area (TPSA) is 39.4 Å². The summed E-state index contributed by atoms with van der Waals surface area (Å²) in [5.74, 6) is 1.14. The smallest absolute Gasteiger partial charge is 0.124 e. The fraction of sp³-hybridized carbons (Fsp3) is 0.667. The number of aryl methyl sites for hydroxylation is 1. The molecule has 0 radical (unpaired) electrons. The summed E-state index contributed by atoms with van der Waals surface area (Å²) in [6, 6.07) is 0. The van der Waals surface area contributed by atoms with Gasteiger partial charge in [0.05, 0.1) is 5.69 Å². The van der Waals surface area contributed by atoms with Gasteiger partial charge in [-0.3, -0.25) is 0 Å². The molecule has 94 valence electrons. The molecule has 0 fully saturated rings. The molecule has 1 atom stereocenters. The third kappa shape index (κ3) is 2.34. The van der Waals surface area contributed by atoms with Crippen LogP contribution >= 0.6 is 11.8 Å². The van der Waals surface area contributed by atoms with E-state index < -0.39 is 0 Å². The number of oxime groups is 1. The van der Waals surface area contributed by atoms with Crippen molar-refractivity contribution >= 4 is 17.5 Å². The number of thioether (sulfide) groups is 1. The number of fused-ring (bicyclic) bond motifs is 1. The van der Waals surface area contributed by atoms with Gasteiger partial charge >= 0.3 is 0 Å². The van der Waals surface area contributed by atoms with Gasteiger partial charge in [0, 0.05) is 25.1 Å². The Morgan fingerprint density at radius 2 is 2.35 bits per heavy atom. The second kappa shape index (κ2) is 5.12. The van der Waals surface area contributed by atoms with E-state index in [2.05, 4.69) is 30.6 Å². The van der Waals surface area contributed by atoms with Crippen LogP contribution in [0.25, 0.3) is 0 Å². The molecular weight excluding hydrogens is 234 g/mol. The van der Waals surface area contributed by atoms with Crippen LogP contribution in [0.3, 0.4) is 0 Å². The Morgan fingerprint density at radius 1 is 1.59 bits per heavy atom. The van der Waals surface area contributed by atoms with E-state index in [1.165, 1.54) is 0 Å². The number of hydrogen-bond acceptors (Lipinski definition) is 4. The van der Waals surface area contributed by atoms with E-state index in [1.807, 2.05) is 11.8 Å². The first-order valence-corrected chi connectivity index (χ1v) is 6.88. The van der Waals surface area contributed by atoms with Gasteiger partial charge in [0.25, 0.3) is 0 Å². The Balaban J connectivity index is 2.45. The molecule has 1 aliphatic rings. The largest absolute Gasteiger partial charge is 0.399 e. The summed E-state index contributed by atoms with van der Waals surface area (Å²) in [4.78, 5) is 9.66. The molecule has 2 rings (SSSR count). The molecule has 0 amide bonds. The lowest BCUT2D eigenvalue weighted by Crippen LogP contribution is -2.18. The average Bonchev–Trinajstić information content (AvgIpc) is 2.56. The van der Waals surface area contributed by atoms with Crippen molar-refractivity contribution in [2.45, 2.75) is 43.4 Å². The van der Waals surface area contributed by atoms with E-state index >= 15 is 0 Å². The summed E-state index contributed by atoms with van der Waals surface area (Å²) in [7, 11) is 3.67. The average molecular weight is 253 g/mol. The minimum Gasteiger partial charge on any atom is -0.399 e. The van der Waals surface area contributed by atoms with Crippen LogP contribution in [0, 0.1) is 0 Å². The summed E-state index contributed by atoms with van der Waals surface area (Å²) < 4.78 is 2.16. The van der Waals surface area contributed by atoms with Gasteiger partial charge in [-0.25, -0.2) is 4.98 Å². The Bertz CT molecular complexity index is 439. The van der Waals surface area contributed by atoms with E-state index in [0.717, 1.165) is 41.5 Å². The standard InChI is InChI=1S/C12H19N3OS/c1-5-6-10-13-12-11(15(10)3)9(14-16-4)7-8(2)17-12/h8H,5-7H2,1-4H3/b14-9+. The summed E-state index contributed by atoms with van der Waals surface area (Å²) in [6.07, 6.45) is 3.07. The minimum absolute atomic E-state index is 0.515. The van der Waals surface area contributed by atoms with E-state index in [1.54, 1.807) is 7.11 Å². The first-order chi connectivity index (χ1) is 8.17. The van der Waals surface area contributed by atoms with Crippen molar-refractivity contribution in [3.63, 3.8) is 0 Å². The van der Waals surface area contributed by atoms with Gasteiger partial charge in [0.1, 0.15) is 23.7 Å². The molecule has 1 aliphatic heterocycles. The van der Waals surface area contributed by atoms with Crippen molar-refractivity contribution in [3.8, 4) is 0 Å². The summed E-state index contributed by atoms with van der Waals surface area (Å²) >= 11 is 1.83. The Kier molecular flexibility index (Phi) is 3.76. The van der Waals surface area contributed by atoms with Crippen LogP contribution in [-0.2, 0) is 18.3 Å². The molecule has 0 saturated carbocycles. The summed E-state index contributed by atoms with van der Waals surface area (Å²) in [6.45, 7) is 4.38. The van der Waals surface area contributed by atoms with E-state index in [9.17, 15) is 0 Å². The molecule has 4 nitrogen and oxygen atoms in total. The zero-order chi connectivity index (χ0) is 12.4. The molecule has 1 unspecified atom stereocenters. The maximum atomic E-state index is 4.95. The third-order valence-corrected chi connectivity index (χ3v) is 3.97. The second-order valence-electron chi connectivity index (χ2n) is 4.34. The maximum absolute atomic E-state index is 4.95. The van der Waals surface area contributed by atoms with E-state index in [4.69, 9.17) is 9.82 Å². The van der Waals surface area contributed by atoms with Crippen molar-refractivity contribution in [3.05, 3.63) is 11.5 Å². The predicted molar refractivity (Wildman–Crippen MR) is 70.7 cm³/mol. The molecular formula is C12H19N3OS. The molecule has 0 saturated heterocycles. The number of aromatic nitrogens is 2. The fourth-order valence-corrected chi connectivity index (χ4v) is 3.30. The van der Waals surface area contributed by atoms with Crippen LogP contribution < -0.4 is 0 Å². The second-order valence-corrected chi connectivity index (χ2v) is 5.77. The molecule has 5 heteroatoms. The normalized spacial score (nSPS) is 21.6. The molecule has 0 spiro atoms. The molecule has 1 aromatic heterocycles. The van der Waals surface area contributed by atoms with Gasteiger partial charge in [-0.05, 0) is 6.42 Å². The highest BCUT2D eigenvalue weighted by Gasteiger charge is 2.28. The number of rotatable bonds is 3. The van der Waals surface area contributed by atoms with Crippen LogP contribution in [0.4, 0.5) is 0 Å². The first kappa shape index (κ1) is 12.5. The SMILES string of the molecule is CCCc1nc2c(n1C)/C(=N/OC)CC(C)S2. The van der Waals surface area contributed by atoms with Crippen molar-refractivity contribution in [1.29, 1.82) is 0 Å². The molecule has 1 aromatic rings. The zero-order valence-electron chi connectivity index (χ0n) is 10.9. The molecule has 2 heterocycles. The highest BCUT2D eigenvalue weighted by atomic mass is 32.2. The van der Waals surface area contributed by atoms with Crippen LogP contribution in [-0.4, -0.2) is 27.6 Å². The molecule has 0 aromatic carbocycles. The van der Waals surface area contributed by atoms with Gasteiger partial charge < -0.3 is 9.40 Å². The van der Waals surface area contributed by atoms with Crippen molar-refractivity contribution in [2.75, 3.05) is 7.11 Å². The van der Waals surface area contributed by atoms with Gasteiger partial charge in [0.15, 0.2) is 0 Å². The van der Waals surface area contributed by atoms with Crippen LogP contribution in [0.15, 0.2) is 10.2 Å². The van der Waals surface area contributed by atoms with Gasteiger partial charge in [-0.1, -0.05) is 19.0 Å². The minimum atomic E-state index is 0.515. The molecule has 0 N–H and O–H groups in total. The molecule has 0 aliphatic carbocycles. The molecule has 0 bridgehead atoms. The quantitative estimate of drug-likeness (QED) is 0.777. The van der Waals surface area contributed by atoms with Crippen LogP contribution in [0.5, 0.6) is 0 Å². The van der Waals surface area contributed by atoms with Gasteiger partial charge in [-0.2, -0.15) is 0 Å². The van der Waals surface area contributed by atoms with Crippen molar-refractivity contribution in [1.82, 2.24) is 9.55 Å². The van der Waals surface area contributed by atoms with Crippen molar-refractivity contribution < 1.29 is 4.84 Å². The number of imidazole rings is 1. The summed E-state index contributed by atoms with van der Waals surface area (Å²) in [5, 5.41) is 5.77. The van der Waals surface area contributed by atoms with E-state index in [0.29, 0.717) is 5.25 Å². The Morgan fingerprint density at radius 3 is 3.00 bits per heavy atom. The summed E-state index contributed by atoms with van der Waals surface area (Å²) in [5.41, 5.74) is 2.16. The van der Waals surface area contributed by atoms with Crippen molar-refractivity contribution in [2.24, 2.45) is 12.2 Å². The number of nitrogens with zero attached hydrogens (tertiary/aromatic N) is 3. The Hall–Kier alpha value is -0.970. The lowest BCUT2D eigenvalue weighted by molar-refractivity contribution is 0.212. The van der Waals surface area contributed by atoms with Gasteiger partial charge in [0.2, 0.25) is 0 Å².